The highest BCUT2D eigenvalue weighted by molar-refractivity contribution is 14.0. The first kappa shape index (κ1) is 21.7. The van der Waals surface area contributed by atoms with E-state index in [-0.39, 0.29) is 29.4 Å². The Kier molecular flexibility index (Phi) is 8.90. The van der Waals surface area contributed by atoms with Crippen molar-refractivity contribution in [3.05, 3.63) is 46.0 Å². The lowest BCUT2D eigenvalue weighted by Gasteiger charge is -2.17. The first-order valence-electron chi connectivity index (χ1n) is 9.26. The molecule has 0 atom stereocenters. The lowest BCUT2D eigenvalue weighted by Crippen LogP contribution is -2.38. The third-order valence-electron chi connectivity index (χ3n) is 4.97. The van der Waals surface area contributed by atoms with Crippen molar-refractivity contribution in [2.24, 2.45) is 4.99 Å². The molecule has 0 amide bonds. The molecule has 4 nitrogen and oxygen atoms in total. The molecule has 0 unspecified atom stereocenters. The quantitative estimate of drug-likeness (QED) is 0.236. The molecule has 0 spiro atoms. The van der Waals surface area contributed by atoms with E-state index in [0.29, 0.717) is 0 Å². The second-order valence-corrected chi connectivity index (χ2v) is 7.77. The fourth-order valence-corrected chi connectivity index (χ4v) is 3.61. The third kappa shape index (κ3) is 6.23. The van der Waals surface area contributed by atoms with Crippen LogP contribution in [0.4, 0.5) is 0 Å². The number of guanidine groups is 1. The van der Waals surface area contributed by atoms with Crippen molar-refractivity contribution in [2.45, 2.75) is 38.0 Å². The fraction of sp³-hybridized carbons (Fsp3) is 0.550. The van der Waals surface area contributed by atoms with Gasteiger partial charge in [-0.05, 0) is 50.3 Å². The largest absolute Gasteiger partial charge is 0.377 e. The number of halogens is 2. The Morgan fingerprint density at radius 3 is 2.81 bits per heavy atom. The van der Waals surface area contributed by atoms with Crippen molar-refractivity contribution in [1.82, 2.24) is 10.6 Å². The van der Waals surface area contributed by atoms with Crippen LogP contribution in [0.3, 0.4) is 0 Å². The molecule has 0 radical (unpaired) electrons. The van der Waals surface area contributed by atoms with Crippen molar-refractivity contribution >= 4 is 45.9 Å². The van der Waals surface area contributed by atoms with Crippen LogP contribution in [-0.2, 0) is 10.2 Å². The van der Waals surface area contributed by atoms with Crippen LogP contribution in [0.5, 0.6) is 0 Å². The highest BCUT2D eigenvalue weighted by Crippen LogP contribution is 2.48. The van der Waals surface area contributed by atoms with Crippen LogP contribution in [0.25, 0.3) is 0 Å². The van der Waals surface area contributed by atoms with Crippen molar-refractivity contribution in [3.63, 3.8) is 0 Å². The molecule has 1 aliphatic carbocycles. The molecule has 1 aromatic carbocycles. The standard InChI is InChI=1S/C20H28BrN3O.HI/c1-2-22-19(23-11-6-16-7-12-25-13-8-16)24-15-20(9-10-20)17-4-3-5-18(21)14-17;/h3-5,7,14H,2,6,8-13,15H2,1H3,(H2,22,23,24);1H. The minimum Gasteiger partial charge on any atom is -0.377 e. The maximum Gasteiger partial charge on any atom is 0.191 e. The molecule has 6 heteroatoms. The SMILES string of the molecule is CCNC(=NCC1(c2cccc(Br)c2)CC1)NCCC1=CCOCC1.I. The monoisotopic (exact) mass is 533 g/mol. The van der Waals surface area contributed by atoms with Gasteiger partial charge in [0.1, 0.15) is 0 Å². The number of benzene rings is 1. The van der Waals surface area contributed by atoms with Crippen LogP contribution in [0.2, 0.25) is 0 Å². The minimum atomic E-state index is 0. The molecule has 0 bridgehead atoms. The molecule has 3 rings (SSSR count). The summed E-state index contributed by atoms with van der Waals surface area (Å²) in [5.74, 6) is 0.927. The Bertz CT molecular complexity index is 644. The smallest absolute Gasteiger partial charge is 0.191 e. The summed E-state index contributed by atoms with van der Waals surface area (Å²) in [7, 11) is 0. The van der Waals surface area contributed by atoms with E-state index < -0.39 is 0 Å². The third-order valence-corrected chi connectivity index (χ3v) is 5.46. The molecular weight excluding hydrogens is 505 g/mol. The number of nitrogens with zero attached hydrogens (tertiary/aromatic N) is 1. The highest BCUT2D eigenvalue weighted by Gasteiger charge is 2.44. The molecular formula is C20H29BrIN3O. The van der Waals surface area contributed by atoms with Crippen molar-refractivity contribution in [2.75, 3.05) is 32.8 Å². The number of ether oxygens (including phenoxy) is 1. The summed E-state index contributed by atoms with van der Waals surface area (Å²) in [4.78, 5) is 4.87. The van der Waals surface area contributed by atoms with Crippen LogP contribution in [0.1, 0.15) is 38.2 Å². The van der Waals surface area contributed by atoms with E-state index in [1.54, 1.807) is 0 Å². The van der Waals surface area contributed by atoms with Gasteiger partial charge in [-0.3, -0.25) is 4.99 Å². The van der Waals surface area contributed by atoms with Gasteiger partial charge in [0.2, 0.25) is 0 Å². The van der Waals surface area contributed by atoms with E-state index in [9.17, 15) is 0 Å². The second kappa shape index (κ2) is 10.7. The van der Waals surface area contributed by atoms with Gasteiger partial charge in [-0.1, -0.05) is 39.7 Å². The normalized spacial score (nSPS) is 18.5. The van der Waals surface area contributed by atoms with Gasteiger partial charge in [0.25, 0.3) is 0 Å². The van der Waals surface area contributed by atoms with Gasteiger partial charge in [0.15, 0.2) is 5.96 Å². The van der Waals surface area contributed by atoms with E-state index in [4.69, 9.17) is 9.73 Å². The van der Waals surface area contributed by atoms with E-state index in [1.165, 1.54) is 24.0 Å². The summed E-state index contributed by atoms with van der Waals surface area (Å²) in [6, 6.07) is 8.67. The van der Waals surface area contributed by atoms with Gasteiger partial charge in [-0.15, -0.1) is 24.0 Å². The molecule has 1 heterocycles. The maximum atomic E-state index is 5.36. The first-order chi connectivity index (χ1) is 12.2. The predicted molar refractivity (Wildman–Crippen MR) is 123 cm³/mol. The van der Waals surface area contributed by atoms with Crippen LogP contribution >= 0.6 is 39.9 Å². The Hall–Kier alpha value is -0.600. The Morgan fingerprint density at radius 2 is 2.15 bits per heavy atom. The van der Waals surface area contributed by atoms with Crippen molar-refractivity contribution < 1.29 is 4.74 Å². The number of nitrogens with one attached hydrogen (secondary N) is 2. The summed E-state index contributed by atoms with van der Waals surface area (Å²) in [6.45, 7) is 6.37. The number of aliphatic imine (C=N–C) groups is 1. The zero-order valence-electron chi connectivity index (χ0n) is 15.4. The number of hydrogen-bond donors (Lipinski definition) is 2. The molecule has 2 aliphatic rings. The van der Waals surface area contributed by atoms with Gasteiger partial charge in [0.05, 0.1) is 19.8 Å². The first-order valence-corrected chi connectivity index (χ1v) is 10.0. The summed E-state index contributed by atoms with van der Waals surface area (Å²) < 4.78 is 6.51. The van der Waals surface area contributed by atoms with Gasteiger partial charge in [0, 0.05) is 23.0 Å². The van der Waals surface area contributed by atoms with Gasteiger partial charge in [-0.25, -0.2) is 0 Å². The van der Waals surface area contributed by atoms with Crippen LogP contribution in [-0.4, -0.2) is 38.8 Å². The summed E-state index contributed by atoms with van der Waals surface area (Å²) in [5.41, 5.74) is 3.12. The van der Waals surface area contributed by atoms with E-state index in [0.717, 1.165) is 56.1 Å². The van der Waals surface area contributed by atoms with Crippen molar-refractivity contribution in [3.8, 4) is 0 Å². The maximum absolute atomic E-state index is 5.36. The average molecular weight is 534 g/mol. The Morgan fingerprint density at radius 1 is 1.31 bits per heavy atom. The topological polar surface area (TPSA) is 45.7 Å². The van der Waals surface area contributed by atoms with Crippen LogP contribution in [0, 0.1) is 0 Å². The molecule has 1 aromatic rings. The van der Waals surface area contributed by atoms with Gasteiger partial charge < -0.3 is 15.4 Å². The van der Waals surface area contributed by atoms with Gasteiger partial charge in [-0.2, -0.15) is 0 Å². The molecule has 2 N–H and O–H groups in total. The lowest BCUT2D eigenvalue weighted by atomic mass is 9.96. The number of rotatable bonds is 7. The highest BCUT2D eigenvalue weighted by atomic mass is 127. The summed E-state index contributed by atoms with van der Waals surface area (Å²) in [5, 5.41) is 6.85. The van der Waals surface area contributed by atoms with E-state index in [2.05, 4.69) is 63.8 Å². The minimum absolute atomic E-state index is 0. The summed E-state index contributed by atoms with van der Waals surface area (Å²) in [6.07, 6.45) is 6.77. The Balaban J connectivity index is 0.00000243. The zero-order chi connectivity index (χ0) is 17.5. The second-order valence-electron chi connectivity index (χ2n) is 6.85. The lowest BCUT2D eigenvalue weighted by molar-refractivity contribution is 0.153. The molecule has 0 aromatic heterocycles. The predicted octanol–water partition coefficient (Wildman–Crippen LogP) is 4.39. The molecule has 144 valence electrons. The average Bonchev–Trinajstić information content (AvgIpc) is 3.42. The molecule has 1 fully saturated rings. The Labute approximate surface area is 182 Å². The molecule has 1 aliphatic heterocycles. The van der Waals surface area contributed by atoms with E-state index >= 15 is 0 Å². The fourth-order valence-electron chi connectivity index (χ4n) is 3.21. The number of hydrogen-bond acceptors (Lipinski definition) is 2. The van der Waals surface area contributed by atoms with E-state index in [1.807, 2.05) is 0 Å². The molecule has 26 heavy (non-hydrogen) atoms. The zero-order valence-corrected chi connectivity index (χ0v) is 19.3. The summed E-state index contributed by atoms with van der Waals surface area (Å²) >= 11 is 3.58. The van der Waals surface area contributed by atoms with Crippen molar-refractivity contribution in [1.29, 1.82) is 0 Å². The van der Waals surface area contributed by atoms with Gasteiger partial charge >= 0.3 is 0 Å². The molecule has 0 saturated heterocycles. The van der Waals surface area contributed by atoms with Crippen LogP contribution < -0.4 is 10.6 Å². The molecule has 1 saturated carbocycles. The van der Waals surface area contributed by atoms with Crippen LogP contribution in [0.15, 0.2) is 45.4 Å².